The number of rotatable bonds is 8. The first kappa shape index (κ1) is 16.2. The van der Waals surface area contributed by atoms with Gasteiger partial charge in [-0.3, -0.25) is 11.3 Å². The fraction of sp³-hybridized carbons (Fsp3) is 0.625. The third-order valence-corrected chi connectivity index (χ3v) is 3.99. The van der Waals surface area contributed by atoms with E-state index >= 15 is 0 Å². The van der Waals surface area contributed by atoms with Crippen molar-refractivity contribution >= 4 is 0 Å². The van der Waals surface area contributed by atoms with Crippen LogP contribution in [0, 0.1) is 6.92 Å². The van der Waals surface area contributed by atoms with Gasteiger partial charge >= 0.3 is 0 Å². The van der Waals surface area contributed by atoms with Gasteiger partial charge in [0, 0.05) is 6.61 Å². The second-order valence-electron chi connectivity index (χ2n) is 5.12. The zero-order valence-corrected chi connectivity index (χ0v) is 12.7. The van der Waals surface area contributed by atoms with E-state index < -0.39 is 0 Å². The zero-order valence-electron chi connectivity index (χ0n) is 12.7. The van der Waals surface area contributed by atoms with E-state index in [1.807, 2.05) is 6.92 Å². The van der Waals surface area contributed by atoms with Gasteiger partial charge in [0.15, 0.2) is 0 Å². The number of nitrogens with two attached hydrogens (primary N) is 1. The van der Waals surface area contributed by atoms with E-state index in [9.17, 15) is 0 Å². The van der Waals surface area contributed by atoms with Gasteiger partial charge in [0.05, 0.1) is 11.6 Å². The van der Waals surface area contributed by atoms with Crippen molar-refractivity contribution in [2.24, 2.45) is 5.84 Å². The molecular weight excluding hydrogens is 236 g/mol. The van der Waals surface area contributed by atoms with Crippen LogP contribution in [0.4, 0.5) is 0 Å². The molecule has 0 spiro atoms. The Labute approximate surface area is 117 Å². The summed E-state index contributed by atoms with van der Waals surface area (Å²) in [6.45, 7) is 9.21. The van der Waals surface area contributed by atoms with Crippen molar-refractivity contribution in [3.05, 3.63) is 35.4 Å². The molecule has 0 fully saturated rings. The van der Waals surface area contributed by atoms with E-state index in [1.54, 1.807) is 0 Å². The Balaban J connectivity index is 2.91. The first-order valence-electron chi connectivity index (χ1n) is 7.27. The molecule has 1 aromatic carbocycles. The van der Waals surface area contributed by atoms with Gasteiger partial charge in [-0.05, 0) is 38.7 Å². The van der Waals surface area contributed by atoms with Crippen LogP contribution in [0.3, 0.4) is 0 Å². The third kappa shape index (κ3) is 4.03. The van der Waals surface area contributed by atoms with Gasteiger partial charge in [0.2, 0.25) is 0 Å². The first-order valence-corrected chi connectivity index (χ1v) is 7.27. The average molecular weight is 264 g/mol. The fourth-order valence-electron chi connectivity index (χ4n) is 2.81. The van der Waals surface area contributed by atoms with E-state index in [1.165, 1.54) is 11.1 Å². The Hall–Kier alpha value is -0.900. The number of ether oxygens (including phenoxy) is 1. The van der Waals surface area contributed by atoms with Crippen LogP contribution in [-0.4, -0.2) is 18.2 Å². The van der Waals surface area contributed by atoms with Crippen LogP contribution in [0.2, 0.25) is 0 Å². The Morgan fingerprint density at radius 1 is 1.26 bits per heavy atom. The van der Waals surface area contributed by atoms with E-state index in [-0.39, 0.29) is 11.6 Å². The largest absolute Gasteiger partial charge is 0.374 e. The van der Waals surface area contributed by atoms with Crippen molar-refractivity contribution in [1.29, 1.82) is 0 Å². The van der Waals surface area contributed by atoms with Gasteiger partial charge in [-0.25, -0.2) is 0 Å². The Kier molecular flexibility index (Phi) is 6.49. The lowest BCUT2D eigenvalue weighted by Crippen LogP contribution is -2.55. The number of nitrogens with one attached hydrogen (secondary N) is 1. The Morgan fingerprint density at radius 2 is 1.95 bits per heavy atom. The predicted octanol–water partition coefficient (Wildman–Crippen LogP) is 2.96. The molecule has 3 nitrogen and oxygen atoms in total. The van der Waals surface area contributed by atoms with Crippen LogP contribution >= 0.6 is 0 Å². The molecule has 0 aromatic heterocycles. The first-order chi connectivity index (χ1) is 9.11. The van der Waals surface area contributed by atoms with Crippen molar-refractivity contribution in [2.75, 3.05) is 6.61 Å². The maximum Gasteiger partial charge on any atom is 0.0846 e. The molecule has 108 valence electrons. The van der Waals surface area contributed by atoms with Crippen molar-refractivity contribution in [3.8, 4) is 0 Å². The van der Waals surface area contributed by atoms with Gasteiger partial charge in [-0.15, -0.1) is 0 Å². The highest BCUT2D eigenvalue weighted by Crippen LogP contribution is 2.27. The van der Waals surface area contributed by atoms with Crippen LogP contribution in [0.1, 0.15) is 44.7 Å². The number of hydrogen-bond acceptors (Lipinski definition) is 3. The lowest BCUT2D eigenvalue weighted by atomic mass is 9.84. The summed E-state index contributed by atoms with van der Waals surface area (Å²) in [7, 11) is 0. The smallest absolute Gasteiger partial charge is 0.0846 e. The Bertz CT molecular complexity index is 375. The summed E-state index contributed by atoms with van der Waals surface area (Å²) in [6, 6.07) is 8.71. The van der Waals surface area contributed by atoms with Gasteiger partial charge in [0.1, 0.15) is 0 Å². The summed E-state index contributed by atoms with van der Waals surface area (Å²) in [5, 5.41) is 0. The minimum Gasteiger partial charge on any atom is -0.374 e. The molecule has 0 aliphatic carbocycles. The number of hydrazine groups is 1. The summed E-state index contributed by atoms with van der Waals surface area (Å²) >= 11 is 0. The van der Waals surface area contributed by atoms with E-state index in [0.29, 0.717) is 6.61 Å². The predicted molar refractivity (Wildman–Crippen MR) is 80.9 cm³/mol. The van der Waals surface area contributed by atoms with Crippen molar-refractivity contribution in [1.82, 2.24) is 5.43 Å². The standard InChI is InChI=1S/C16H28N2O/c1-5-16(6-2,19-7-3)15(18-17)12-14-10-8-9-13(4)11-14/h8-11,15,18H,5-7,12,17H2,1-4H3. The molecule has 3 heteroatoms. The summed E-state index contributed by atoms with van der Waals surface area (Å²) in [6.07, 6.45) is 2.80. The molecule has 0 saturated carbocycles. The highest BCUT2D eigenvalue weighted by molar-refractivity contribution is 5.23. The monoisotopic (exact) mass is 264 g/mol. The van der Waals surface area contributed by atoms with Crippen LogP contribution < -0.4 is 11.3 Å². The van der Waals surface area contributed by atoms with Crippen LogP contribution in [0.5, 0.6) is 0 Å². The summed E-state index contributed by atoms with van der Waals surface area (Å²) in [5.74, 6) is 5.80. The second kappa shape index (κ2) is 7.63. The summed E-state index contributed by atoms with van der Waals surface area (Å²) in [5.41, 5.74) is 5.37. The van der Waals surface area contributed by atoms with Crippen molar-refractivity contribution in [3.63, 3.8) is 0 Å². The van der Waals surface area contributed by atoms with E-state index in [2.05, 4.69) is 50.5 Å². The maximum atomic E-state index is 6.04. The molecule has 3 N–H and O–H groups in total. The van der Waals surface area contributed by atoms with Crippen LogP contribution in [-0.2, 0) is 11.2 Å². The highest BCUT2D eigenvalue weighted by atomic mass is 16.5. The minimum atomic E-state index is -0.187. The maximum absolute atomic E-state index is 6.04. The normalized spacial score (nSPS) is 13.5. The molecule has 0 saturated heterocycles. The van der Waals surface area contributed by atoms with Crippen molar-refractivity contribution < 1.29 is 4.74 Å². The van der Waals surface area contributed by atoms with Crippen molar-refractivity contribution in [2.45, 2.75) is 58.6 Å². The van der Waals surface area contributed by atoms with Gasteiger partial charge in [0.25, 0.3) is 0 Å². The molecule has 0 bridgehead atoms. The van der Waals surface area contributed by atoms with Gasteiger partial charge < -0.3 is 4.74 Å². The molecule has 1 rings (SSSR count). The summed E-state index contributed by atoms with van der Waals surface area (Å²) in [4.78, 5) is 0. The van der Waals surface area contributed by atoms with Gasteiger partial charge in [-0.2, -0.15) is 0 Å². The lowest BCUT2D eigenvalue weighted by molar-refractivity contribution is -0.0719. The quantitative estimate of drug-likeness (QED) is 0.560. The van der Waals surface area contributed by atoms with Crippen LogP contribution in [0.25, 0.3) is 0 Å². The minimum absolute atomic E-state index is 0.129. The Morgan fingerprint density at radius 3 is 2.42 bits per heavy atom. The molecular formula is C16H28N2O. The average Bonchev–Trinajstić information content (AvgIpc) is 2.43. The molecule has 0 radical (unpaired) electrons. The number of aryl methyl sites for hydroxylation is 1. The molecule has 1 aromatic rings. The van der Waals surface area contributed by atoms with Crippen LogP contribution in [0.15, 0.2) is 24.3 Å². The SMILES string of the molecule is CCOC(CC)(CC)C(Cc1cccc(C)c1)NN. The van der Waals surface area contributed by atoms with Gasteiger partial charge in [-0.1, -0.05) is 43.7 Å². The molecule has 1 unspecified atom stereocenters. The third-order valence-electron chi connectivity index (χ3n) is 3.99. The molecule has 0 aliphatic rings. The fourth-order valence-corrected chi connectivity index (χ4v) is 2.81. The van der Waals surface area contributed by atoms with E-state index in [4.69, 9.17) is 10.6 Å². The molecule has 0 amide bonds. The molecule has 1 atom stereocenters. The van der Waals surface area contributed by atoms with E-state index in [0.717, 1.165) is 19.3 Å². The topological polar surface area (TPSA) is 47.3 Å². The highest BCUT2D eigenvalue weighted by Gasteiger charge is 2.35. The number of benzene rings is 1. The lowest BCUT2D eigenvalue weighted by Gasteiger charge is -2.39. The summed E-state index contributed by atoms with van der Waals surface area (Å²) < 4.78 is 6.04. The number of hydrogen-bond donors (Lipinski definition) is 2. The zero-order chi connectivity index (χ0) is 14.3. The molecule has 0 aliphatic heterocycles. The molecule has 19 heavy (non-hydrogen) atoms. The second-order valence-corrected chi connectivity index (χ2v) is 5.12. The molecule has 0 heterocycles.